The molecular formula is C10H26N4. The second-order valence-corrected chi connectivity index (χ2v) is 4.48. The summed E-state index contributed by atoms with van der Waals surface area (Å²) in [6.07, 6.45) is 0. The summed E-state index contributed by atoms with van der Waals surface area (Å²) in [5, 5.41) is 0. The first-order chi connectivity index (χ1) is 6.41. The maximum Gasteiger partial charge on any atom is 0.0139 e. The number of hydrogen-bond acceptors (Lipinski definition) is 4. The Kier molecular flexibility index (Phi) is 7.09. The van der Waals surface area contributed by atoms with Crippen LogP contribution >= 0.6 is 0 Å². The van der Waals surface area contributed by atoms with Gasteiger partial charge in [-0.05, 0) is 27.9 Å². The Morgan fingerprint density at radius 3 is 1.36 bits per heavy atom. The lowest BCUT2D eigenvalue weighted by atomic mass is 10.3. The SMILES string of the molecule is CC(N)CN(C)CCN(C)CC(C)N. The molecule has 0 amide bonds. The molecule has 14 heavy (non-hydrogen) atoms. The number of hydrogen-bond donors (Lipinski definition) is 2. The highest BCUT2D eigenvalue weighted by Crippen LogP contribution is 1.89. The predicted octanol–water partition coefficient (Wildman–Crippen LogP) is -0.456. The summed E-state index contributed by atoms with van der Waals surface area (Å²) in [5.41, 5.74) is 11.4. The Labute approximate surface area is 88.2 Å². The van der Waals surface area contributed by atoms with E-state index in [9.17, 15) is 0 Å². The Hall–Kier alpha value is -0.160. The summed E-state index contributed by atoms with van der Waals surface area (Å²) in [4.78, 5) is 4.50. The van der Waals surface area contributed by atoms with Gasteiger partial charge in [0.2, 0.25) is 0 Å². The Balaban J connectivity index is 3.50. The van der Waals surface area contributed by atoms with Crippen molar-refractivity contribution in [2.75, 3.05) is 40.3 Å². The molecule has 0 saturated carbocycles. The van der Waals surface area contributed by atoms with E-state index in [4.69, 9.17) is 11.5 Å². The third kappa shape index (κ3) is 8.44. The topological polar surface area (TPSA) is 58.5 Å². The molecule has 0 aliphatic rings. The first kappa shape index (κ1) is 13.8. The highest BCUT2D eigenvalue weighted by atomic mass is 15.2. The average molecular weight is 202 g/mol. The van der Waals surface area contributed by atoms with Gasteiger partial charge >= 0.3 is 0 Å². The lowest BCUT2D eigenvalue weighted by Crippen LogP contribution is -2.40. The van der Waals surface area contributed by atoms with Crippen LogP contribution in [0.4, 0.5) is 0 Å². The van der Waals surface area contributed by atoms with Crippen molar-refractivity contribution in [2.45, 2.75) is 25.9 Å². The van der Waals surface area contributed by atoms with Gasteiger partial charge in [-0.25, -0.2) is 0 Å². The van der Waals surface area contributed by atoms with Crippen molar-refractivity contribution < 1.29 is 0 Å². The maximum absolute atomic E-state index is 5.71. The van der Waals surface area contributed by atoms with Crippen LogP contribution in [0.3, 0.4) is 0 Å². The molecule has 0 heterocycles. The van der Waals surface area contributed by atoms with Crippen LogP contribution in [0.25, 0.3) is 0 Å². The lowest BCUT2D eigenvalue weighted by Gasteiger charge is -2.24. The first-order valence-corrected chi connectivity index (χ1v) is 5.30. The van der Waals surface area contributed by atoms with E-state index in [2.05, 4.69) is 23.9 Å². The molecule has 0 aliphatic heterocycles. The molecule has 0 saturated heterocycles. The zero-order valence-electron chi connectivity index (χ0n) is 10.0. The summed E-state index contributed by atoms with van der Waals surface area (Å²) >= 11 is 0. The van der Waals surface area contributed by atoms with Gasteiger partial charge in [0.15, 0.2) is 0 Å². The standard InChI is InChI=1S/C10H26N4/c1-9(11)7-13(3)5-6-14(4)8-10(2)12/h9-10H,5-8,11-12H2,1-4H3. The van der Waals surface area contributed by atoms with Gasteiger partial charge in [-0.3, -0.25) is 0 Å². The lowest BCUT2D eigenvalue weighted by molar-refractivity contribution is 0.244. The molecular weight excluding hydrogens is 176 g/mol. The molecule has 0 aromatic heterocycles. The van der Waals surface area contributed by atoms with E-state index < -0.39 is 0 Å². The van der Waals surface area contributed by atoms with Gasteiger partial charge in [-0.1, -0.05) is 0 Å². The molecule has 0 aliphatic carbocycles. The summed E-state index contributed by atoms with van der Waals surface area (Å²) in [6.45, 7) is 8.05. The van der Waals surface area contributed by atoms with Crippen molar-refractivity contribution in [3.05, 3.63) is 0 Å². The average Bonchev–Trinajstić information content (AvgIpc) is 1.98. The summed E-state index contributed by atoms with van der Waals surface area (Å²) in [5.74, 6) is 0. The van der Waals surface area contributed by atoms with Gasteiger partial charge in [0.05, 0.1) is 0 Å². The van der Waals surface area contributed by atoms with E-state index >= 15 is 0 Å². The minimum absolute atomic E-state index is 0.249. The largest absolute Gasteiger partial charge is 0.327 e. The van der Waals surface area contributed by atoms with Gasteiger partial charge in [0, 0.05) is 38.3 Å². The van der Waals surface area contributed by atoms with E-state index in [0.717, 1.165) is 26.2 Å². The van der Waals surface area contributed by atoms with Crippen LogP contribution in [0.15, 0.2) is 0 Å². The van der Waals surface area contributed by atoms with Crippen molar-refractivity contribution >= 4 is 0 Å². The normalized spacial score (nSPS) is 16.3. The van der Waals surface area contributed by atoms with Gasteiger partial charge in [-0.15, -0.1) is 0 Å². The summed E-state index contributed by atoms with van der Waals surface area (Å²) < 4.78 is 0. The number of nitrogens with zero attached hydrogens (tertiary/aromatic N) is 2. The Morgan fingerprint density at radius 2 is 1.14 bits per heavy atom. The van der Waals surface area contributed by atoms with Crippen molar-refractivity contribution in [2.24, 2.45) is 11.5 Å². The van der Waals surface area contributed by atoms with Gasteiger partial charge in [0.1, 0.15) is 0 Å². The first-order valence-electron chi connectivity index (χ1n) is 5.30. The fourth-order valence-electron chi connectivity index (χ4n) is 1.51. The second kappa shape index (κ2) is 7.17. The molecule has 0 aromatic rings. The highest BCUT2D eigenvalue weighted by molar-refractivity contribution is 4.64. The van der Waals surface area contributed by atoms with Crippen LogP contribution in [-0.2, 0) is 0 Å². The zero-order valence-corrected chi connectivity index (χ0v) is 10.0. The van der Waals surface area contributed by atoms with Crippen molar-refractivity contribution in [1.29, 1.82) is 0 Å². The van der Waals surface area contributed by atoms with Crippen molar-refractivity contribution in [3.63, 3.8) is 0 Å². The number of rotatable bonds is 7. The quantitative estimate of drug-likeness (QED) is 0.587. The molecule has 0 spiro atoms. The van der Waals surface area contributed by atoms with Crippen LogP contribution in [0, 0.1) is 0 Å². The maximum atomic E-state index is 5.71. The second-order valence-electron chi connectivity index (χ2n) is 4.48. The van der Waals surface area contributed by atoms with E-state index in [1.54, 1.807) is 0 Å². The summed E-state index contributed by atoms with van der Waals surface area (Å²) in [7, 11) is 4.20. The fourth-order valence-corrected chi connectivity index (χ4v) is 1.51. The molecule has 4 nitrogen and oxygen atoms in total. The molecule has 0 aromatic carbocycles. The molecule has 2 unspecified atom stereocenters. The minimum atomic E-state index is 0.249. The van der Waals surface area contributed by atoms with E-state index in [1.807, 2.05) is 13.8 Å². The third-order valence-corrected chi connectivity index (χ3v) is 2.06. The minimum Gasteiger partial charge on any atom is -0.327 e. The van der Waals surface area contributed by atoms with Crippen LogP contribution in [0.1, 0.15) is 13.8 Å². The Bertz CT molecular complexity index is 120. The number of nitrogens with two attached hydrogens (primary N) is 2. The number of likely N-dealkylation sites (N-methyl/N-ethyl adjacent to an activating group) is 2. The predicted molar refractivity (Wildman–Crippen MR) is 62.3 cm³/mol. The van der Waals surface area contributed by atoms with Crippen LogP contribution in [0.5, 0.6) is 0 Å². The fraction of sp³-hybridized carbons (Fsp3) is 1.00. The van der Waals surface area contributed by atoms with E-state index in [0.29, 0.717) is 0 Å². The van der Waals surface area contributed by atoms with Crippen molar-refractivity contribution in [3.8, 4) is 0 Å². The molecule has 4 heteroatoms. The molecule has 2 atom stereocenters. The third-order valence-electron chi connectivity index (χ3n) is 2.06. The Morgan fingerprint density at radius 1 is 0.857 bits per heavy atom. The van der Waals surface area contributed by atoms with Crippen LogP contribution in [-0.4, -0.2) is 62.2 Å². The van der Waals surface area contributed by atoms with Crippen LogP contribution < -0.4 is 11.5 Å². The van der Waals surface area contributed by atoms with Gasteiger partial charge in [0.25, 0.3) is 0 Å². The van der Waals surface area contributed by atoms with E-state index in [1.165, 1.54) is 0 Å². The molecule has 4 N–H and O–H groups in total. The van der Waals surface area contributed by atoms with E-state index in [-0.39, 0.29) is 12.1 Å². The van der Waals surface area contributed by atoms with Gasteiger partial charge in [-0.2, -0.15) is 0 Å². The van der Waals surface area contributed by atoms with Crippen molar-refractivity contribution in [1.82, 2.24) is 9.80 Å². The molecule has 0 radical (unpaired) electrons. The summed E-state index contributed by atoms with van der Waals surface area (Å²) in [6, 6.07) is 0.498. The molecule has 0 rings (SSSR count). The zero-order chi connectivity index (χ0) is 11.1. The smallest absolute Gasteiger partial charge is 0.0139 e. The molecule has 86 valence electrons. The molecule has 0 fully saturated rings. The highest BCUT2D eigenvalue weighted by Gasteiger charge is 2.05. The van der Waals surface area contributed by atoms with Gasteiger partial charge < -0.3 is 21.3 Å². The monoisotopic (exact) mass is 202 g/mol. The van der Waals surface area contributed by atoms with Crippen LogP contribution in [0.2, 0.25) is 0 Å². The molecule has 0 bridgehead atoms.